The number of imide groups is 1. The summed E-state index contributed by atoms with van der Waals surface area (Å²) in [6.07, 6.45) is -2.00. The highest BCUT2D eigenvalue weighted by Gasteiger charge is 2.39. The highest BCUT2D eigenvalue weighted by Crippen LogP contribution is 2.24. The Morgan fingerprint density at radius 3 is 2.06 bits per heavy atom. The zero-order chi connectivity index (χ0) is 25.0. The molecule has 0 saturated heterocycles. The first kappa shape index (κ1) is 24.6. The summed E-state index contributed by atoms with van der Waals surface area (Å²) in [4.78, 5) is 57.9. The molecule has 3 amide bonds. The number of carbonyl (C=O) groups is 4. The monoisotopic (exact) mass is 467 g/mol. The first-order chi connectivity index (χ1) is 16.0. The van der Waals surface area contributed by atoms with E-state index in [4.69, 9.17) is 20.0 Å². The third kappa shape index (κ3) is 5.84. The van der Waals surface area contributed by atoms with Gasteiger partial charge in [0.1, 0.15) is 23.8 Å². The molecule has 0 bridgehead atoms. The second-order valence-corrected chi connectivity index (χ2v) is 8.47. The Bertz CT molecular complexity index is 1110. The average molecular weight is 467 g/mol. The molecule has 0 spiro atoms. The number of ether oxygens (including phenoxy) is 2. The predicted octanol–water partition coefficient (Wildman–Crippen LogP) is 2.89. The van der Waals surface area contributed by atoms with Gasteiger partial charge in [-0.3, -0.25) is 14.4 Å². The van der Waals surface area contributed by atoms with E-state index in [9.17, 15) is 19.2 Å². The van der Waals surface area contributed by atoms with Gasteiger partial charge in [-0.1, -0.05) is 12.1 Å². The molecule has 2 aromatic rings. The molecule has 10 heteroatoms. The minimum atomic E-state index is -1.19. The molecular weight excluding hydrogens is 442 g/mol. The molecule has 2 aromatic carbocycles. The fourth-order valence-corrected chi connectivity index (χ4v) is 2.95. The number of carbonyl (C=O) groups excluding carboxylic acids is 4. The third-order valence-corrected chi connectivity index (χ3v) is 4.60. The van der Waals surface area contributed by atoms with Crippen LogP contribution in [0.25, 0.3) is 0 Å². The molecule has 1 unspecified atom stereocenters. The van der Waals surface area contributed by atoms with Crippen LogP contribution in [0.2, 0.25) is 0 Å². The molecule has 1 aliphatic heterocycles. The predicted molar refractivity (Wildman–Crippen MR) is 121 cm³/mol. The summed E-state index contributed by atoms with van der Waals surface area (Å²) in [6.45, 7) is 6.17. The summed E-state index contributed by atoms with van der Waals surface area (Å²) in [6, 6.07) is 12.6. The number of benzene rings is 2. The van der Waals surface area contributed by atoms with Crippen LogP contribution >= 0.6 is 0 Å². The largest absolute Gasteiger partial charge is 0.490 e. The van der Waals surface area contributed by atoms with Crippen molar-refractivity contribution >= 4 is 29.5 Å². The molecule has 0 saturated carbocycles. The summed E-state index contributed by atoms with van der Waals surface area (Å²) in [5.74, 6) is -1.38. The Hall–Kier alpha value is -4.05. The lowest BCUT2D eigenvalue weighted by Gasteiger charge is -2.20. The lowest BCUT2D eigenvalue weighted by molar-refractivity contribution is -0.161. The molecule has 34 heavy (non-hydrogen) atoms. The zero-order valence-corrected chi connectivity index (χ0v) is 19.2. The Morgan fingerprint density at radius 1 is 1.00 bits per heavy atom. The van der Waals surface area contributed by atoms with Gasteiger partial charge in [-0.15, -0.1) is 5.06 Å². The van der Waals surface area contributed by atoms with E-state index in [1.54, 1.807) is 57.2 Å². The standard InChI is InChI=1S/C24H25N3O7/c1-14(28)19(34-27-21(29)17-7-5-6-8-18(17)22(27)30)13-32-16-11-9-15(10-12-16)20(25)26-23(31)33-24(2,3)4/h5-12,19H,13H2,1-4H3,(H2,25,26,31). The van der Waals surface area contributed by atoms with Gasteiger partial charge in [0.05, 0.1) is 11.1 Å². The van der Waals surface area contributed by atoms with Crippen molar-refractivity contribution in [2.24, 2.45) is 10.7 Å². The maximum Gasteiger partial charge on any atom is 0.436 e. The smallest absolute Gasteiger partial charge is 0.436 e. The maximum atomic E-state index is 12.5. The van der Waals surface area contributed by atoms with Gasteiger partial charge in [0.25, 0.3) is 11.8 Å². The molecule has 3 rings (SSSR count). The van der Waals surface area contributed by atoms with Crippen LogP contribution in [0.15, 0.2) is 53.5 Å². The molecule has 1 heterocycles. The topological polar surface area (TPSA) is 138 Å². The summed E-state index contributed by atoms with van der Waals surface area (Å²) in [7, 11) is 0. The number of hydroxylamine groups is 2. The molecule has 178 valence electrons. The van der Waals surface area contributed by atoms with Crippen molar-refractivity contribution in [1.82, 2.24) is 5.06 Å². The molecule has 2 N–H and O–H groups in total. The maximum absolute atomic E-state index is 12.5. The lowest BCUT2D eigenvalue weighted by Crippen LogP contribution is -2.40. The third-order valence-electron chi connectivity index (χ3n) is 4.60. The Balaban J connectivity index is 1.62. The van der Waals surface area contributed by atoms with Crippen LogP contribution in [0.3, 0.4) is 0 Å². The molecule has 0 aromatic heterocycles. The van der Waals surface area contributed by atoms with Crippen molar-refractivity contribution in [3.05, 3.63) is 65.2 Å². The van der Waals surface area contributed by atoms with Crippen LogP contribution in [0.1, 0.15) is 54.0 Å². The van der Waals surface area contributed by atoms with Crippen LogP contribution < -0.4 is 10.5 Å². The van der Waals surface area contributed by atoms with Gasteiger partial charge in [0.2, 0.25) is 0 Å². The number of nitrogens with zero attached hydrogens (tertiary/aromatic N) is 2. The van der Waals surface area contributed by atoms with Gasteiger partial charge in [0, 0.05) is 5.56 Å². The van der Waals surface area contributed by atoms with E-state index in [1.807, 2.05) is 0 Å². The van der Waals surface area contributed by atoms with E-state index in [0.29, 0.717) is 16.4 Å². The number of hydrogen-bond acceptors (Lipinski definition) is 7. The molecule has 0 radical (unpaired) electrons. The van der Waals surface area contributed by atoms with E-state index in [1.165, 1.54) is 19.1 Å². The number of aliphatic imine (C=N–C) groups is 1. The SMILES string of the molecule is CC(=O)C(COc1ccc(C(N)=NC(=O)OC(C)(C)C)cc1)ON1C(=O)c2ccccc2C1=O. The van der Waals surface area contributed by atoms with Gasteiger partial charge in [0.15, 0.2) is 11.9 Å². The van der Waals surface area contributed by atoms with Crippen molar-refractivity contribution in [2.75, 3.05) is 6.61 Å². The van der Waals surface area contributed by atoms with Crippen molar-refractivity contribution in [3.63, 3.8) is 0 Å². The van der Waals surface area contributed by atoms with E-state index in [2.05, 4.69) is 4.99 Å². The number of Topliss-reactive ketones (excluding diaryl/α,β-unsaturated/α-hetero) is 1. The number of nitrogens with two attached hydrogens (primary N) is 1. The van der Waals surface area contributed by atoms with E-state index in [-0.39, 0.29) is 23.6 Å². The van der Waals surface area contributed by atoms with E-state index < -0.39 is 35.4 Å². The van der Waals surface area contributed by atoms with Crippen LogP contribution in [-0.4, -0.2) is 52.9 Å². The first-order valence-corrected chi connectivity index (χ1v) is 10.4. The van der Waals surface area contributed by atoms with Gasteiger partial charge < -0.3 is 15.2 Å². The number of amides is 3. The van der Waals surface area contributed by atoms with Gasteiger partial charge in [-0.2, -0.15) is 4.99 Å². The van der Waals surface area contributed by atoms with E-state index in [0.717, 1.165) is 0 Å². The number of fused-ring (bicyclic) bond motifs is 1. The van der Waals surface area contributed by atoms with E-state index >= 15 is 0 Å². The van der Waals surface area contributed by atoms with Crippen LogP contribution in [0.5, 0.6) is 5.75 Å². The zero-order valence-electron chi connectivity index (χ0n) is 19.2. The minimum absolute atomic E-state index is 0.0311. The fraction of sp³-hybridized carbons (Fsp3) is 0.292. The number of ketones is 1. The van der Waals surface area contributed by atoms with Crippen molar-refractivity contribution in [2.45, 2.75) is 39.4 Å². The van der Waals surface area contributed by atoms with Crippen molar-refractivity contribution in [3.8, 4) is 5.75 Å². The Labute approximate surface area is 196 Å². The fourth-order valence-electron chi connectivity index (χ4n) is 2.95. The number of amidine groups is 1. The van der Waals surface area contributed by atoms with Crippen LogP contribution in [0, 0.1) is 0 Å². The molecule has 0 aliphatic carbocycles. The average Bonchev–Trinajstić information content (AvgIpc) is 3.00. The number of rotatable bonds is 7. The van der Waals surface area contributed by atoms with Crippen molar-refractivity contribution in [1.29, 1.82) is 0 Å². The molecule has 0 fully saturated rings. The summed E-state index contributed by atoms with van der Waals surface area (Å²) >= 11 is 0. The quantitative estimate of drug-likeness (QED) is 0.373. The summed E-state index contributed by atoms with van der Waals surface area (Å²) in [5, 5.41) is 0.580. The molecular formula is C24H25N3O7. The van der Waals surface area contributed by atoms with Crippen LogP contribution in [0.4, 0.5) is 4.79 Å². The molecule has 10 nitrogen and oxygen atoms in total. The van der Waals surface area contributed by atoms with Gasteiger partial charge >= 0.3 is 6.09 Å². The molecule has 1 atom stereocenters. The number of hydrogen-bond donors (Lipinski definition) is 1. The lowest BCUT2D eigenvalue weighted by atomic mass is 10.1. The Kier molecular flexibility index (Phi) is 7.11. The van der Waals surface area contributed by atoms with Crippen LogP contribution in [-0.2, 0) is 14.4 Å². The minimum Gasteiger partial charge on any atom is -0.490 e. The summed E-state index contributed by atoms with van der Waals surface area (Å²) in [5.41, 5.74) is 6.03. The highest BCUT2D eigenvalue weighted by atomic mass is 16.7. The highest BCUT2D eigenvalue weighted by molar-refractivity contribution is 6.20. The van der Waals surface area contributed by atoms with Gasteiger partial charge in [-0.25, -0.2) is 9.63 Å². The second kappa shape index (κ2) is 9.84. The van der Waals surface area contributed by atoms with Crippen molar-refractivity contribution < 1.29 is 33.5 Å². The van der Waals surface area contributed by atoms with Gasteiger partial charge in [-0.05, 0) is 64.1 Å². The first-order valence-electron chi connectivity index (χ1n) is 10.4. The second-order valence-electron chi connectivity index (χ2n) is 8.47. The molecule has 1 aliphatic rings. The summed E-state index contributed by atoms with van der Waals surface area (Å²) < 4.78 is 10.7. The Morgan fingerprint density at radius 2 is 1.56 bits per heavy atom. The normalized spacial score (nSPS) is 14.6.